The lowest BCUT2D eigenvalue weighted by Crippen LogP contribution is -2.29. The van der Waals surface area contributed by atoms with Gasteiger partial charge in [0.05, 0.1) is 12.6 Å². The van der Waals surface area contributed by atoms with Crippen LogP contribution < -0.4 is 11.1 Å². The smallest absolute Gasteiger partial charge is 0.248 e. The SMILES string of the molecule is CCc1ccc(C(CO)NC(=O)/C=C/c2ccc(C(N)=O)cc2)cc1. The van der Waals surface area contributed by atoms with Crippen LogP contribution in [0.25, 0.3) is 6.08 Å². The molecular formula is C20H22N2O3. The van der Waals surface area contributed by atoms with Crippen molar-refractivity contribution in [1.29, 1.82) is 0 Å². The third-order valence-electron chi connectivity index (χ3n) is 3.91. The Bertz CT molecular complexity index is 750. The summed E-state index contributed by atoms with van der Waals surface area (Å²) in [5.41, 5.74) is 8.42. The number of aryl methyl sites for hydroxylation is 1. The van der Waals surface area contributed by atoms with E-state index in [1.165, 1.54) is 11.6 Å². The lowest BCUT2D eigenvalue weighted by Gasteiger charge is -2.16. The molecule has 0 aliphatic rings. The van der Waals surface area contributed by atoms with Crippen molar-refractivity contribution in [1.82, 2.24) is 5.32 Å². The zero-order valence-electron chi connectivity index (χ0n) is 14.1. The molecule has 0 aromatic heterocycles. The molecule has 5 heteroatoms. The monoisotopic (exact) mass is 338 g/mol. The third kappa shape index (κ3) is 5.29. The fourth-order valence-corrected chi connectivity index (χ4v) is 2.37. The maximum absolute atomic E-state index is 12.1. The van der Waals surface area contributed by atoms with Crippen molar-refractivity contribution >= 4 is 17.9 Å². The summed E-state index contributed by atoms with van der Waals surface area (Å²) in [6.45, 7) is 1.89. The fourth-order valence-electron chi connectivity index (χ4n) is 2.37. The van der Waals surface area contributed by atoms with Crippen LogP contribution in [-0.4, -0.2) is 23.5 Å². The van der Waals surface area contributed by atoms with Gasteiger partial charge in [-0.1, -0.05) is 43.3 Å². The van der Waals surface area contributed by atoms with Crippen LogP contribution in [0.1, 0.15) is 40.0 Å². The van der Waals surface area contributed by atoms with Crippen LogP contribution >= 0.6 is 0 Å². The Morgan fingerprint density at radius 3 is 2.28 bits per heavy atom. The molecule has 0 spiro atoms. The van der Waals surface area contributed by atoms with Gasteiger partial charge in [0.15, 0.2) is 0 Å². The molecule has 0 heterocycles. The fraction of sp³-hybridized carbons (Fsp3) is 0.200. The van der Waals surface area contributed by atoms with E-state index < -0.39 is 11.9 Å². The zero-order chi connectivity index (χ0) is 18.2. The van der Waals surface area contributed by atoms with E-state index in [1.54, 1.807) is 30.3 Å². The van der Waals surface area contributed by atoms with Crippen LogP contribution in [0.5, 0.6) is 0 Å². The maximum Gasteiger partial charge on any atom is 0.248 e. The minimum atomic E-state index is -0.492. The first kappa shape index (κ1) is 18.4. The van der Waals surface area contributed by atoms with Crippen LogP contribution in [0.3, 0.4) is 0 Å². The molecule has 0 fully saturated rings. The predicted molar refractivity (Wildman–Crippen MR) is 97.8 cm³/mol. The first-order chi connectivity index (χ1) is 12.0. The lowest BCUT2D eigenvalue weighted by molar-refractivity contribution is -0.117. The first-order valence-electron chi connectivity index (χ1n) is 8.11. The molecule has 2 aromatic carbocycles. The van der Waals surface area contributed by atoms with E-state index in [-0.39, 0.29) is 12.5 Å². The van der Waals surface area contributed by atoms with Crippen molar-refractivity contribution in [3.8, 4) is 0 Å². The summed E-state index contributed by atoms with van der Waals surface area (Å²) in [4.78, 5) is 23.1. The summed E-state index contributed by atoms with van der Waals surface area (Å²) in [7, 11) is 0. The largest absolute Gasteiger partial charge is 0.394 e. The second-order valence-electron chi connectivity index (χ2n) is 5.66. The molecular weight excluding hydrogens is 316 g/mol. The van der Waals surface area contributed by atoms with E-state index in [2.05, 4.69) is 12.2 Å². The van der Waals surface area contributed by atoms with E-state index in [0.717, 1.165) is 17.5 Å². The van der Waals surface area contributed by atoms with Gasteiger partial charge in [0.1, 0.15) is 0 Å². The van der Waals surface area contributed by atoms with Gasteiger partial charge in [-0.3, -0.25) is 9.59 Å². The van der Waals surface area contributed by atoms with E-state index in [9.17, 15) is 14.7 Å². The summed E-state index contributed by atoms with van der Waals surface area (Å²) in [6, 6.07) is 13.9. The number of rotatable bonds is 7. The summed E-state index contributed by atoms with van der Waals surface area (Å²) in [5.74, 6) is -0.800. The van der Waals surface area contributed by atoms with E-state index in [4.69, 9.17) is 5.73 Å². The summed E-state index contributed by atoms with van der Waals surface area (Å²) >= 11 is 0. The number of nitrogens with one attached hydrogen (secondary N) is 1. The number of primary amides is 1. The van der Waals surface area contributed by atoms with Gasteiger partial charge in [0.2, 0.25) is 11.8 Å². The number of amides is 2. The van der Waals surface area contributed by atoms with Crippen LogP contribution in [0, 0.1) is 0 Å². The Hall–Kier alpha value is -2.92. The van der Waals surface area contributed by atoms with Gasteiger partial charge in [-0.15, -0.1) is 0 Å². The van der Waals surface area contributed by atoms with Crippen molar-refractivity contribution in [2.24, 2.45) is 5.73 Å². The molecule has 2 amide bonds. The first-order valence-corrected chi connectivity index (χ1v) is 8.11. The lowest BCUT2D eigenvalue weighted by atomic mass is 10.0. The molecule has 4 N–H and O–H groups in total. The molecule has 130 valence electrons. The van der Waals surface area contributed by atoms with E-state index in [1.807, 2.05) is 24.3 Å². The highest BCUT2D eigenvalue weighted by atomic mass is 16.3. The van der Waals surface area contributed by atoms with Crippen LogP contribution in [0.4, 0.5) is 0 Å². The molecule has 0 saturated heterocycles. The second-order valence-corrected chi connectivity index (χ2v) is 5.66. The van der Waals surface area contributed by atoms with Gasteiger partial charge >= 0.3 is 0 Å². The second kappa shape index (κ2) is 8.80. The van der Waals surface area contributed by atoms with E-state index in [0.29, 0.717) is 5.56 Å². The quantitative estimate of drug-likeness (QED) is 0.676. The standard InChI is InChI=1S/C20H22N2O3/c1-2-14-3-8-16(9-4-14)18(13-23)22-19(24)12-7-15-5-10-17(11-6-15)20(21)25/h3-12,18,23H,2,13H2,1H3,(H2,21,25)(H,22,24)/b12-7+. The molecule has 25 heavy (non-hydrogen) atoms. The molecule has 0 aliphatic heterocycles. The molecule has 1 unspecified atom stereocenters. The average molecular weight is 338 g/mol. The van der Waals surface area contributed by atoms with Crippen molar-refractivity contribution in [2.75, 3.05) is 6.61 Å². The third-order valence-corrected chi connectivity index (χ3v) is 3.91. The average Bonchev–Trinajstić information content (AvgIpc) is 2.65. The molecule has 2 rings (SSSR count). The van der Waals surface area contributed by atoms with Crippen LogP contribution in [-0.2, 0) is 11.2 Å². The normalized spacial score (nSPS) is 12.1. The zero-order valence-corrected chi connectivity index (χ0v) is 14.1. The van der Waals surface area contributed by atoms with Gasteiger partial charge in [0.25, 0.3) is 0 Å². The van der Waals surface area contributed by atoms with Crippen LogP contribution in [0.2, 0.25) is 0 Å². The number of benzene rings is 2. The minimum absolute atomic E-state index is 0.182. The Labute approximate surface area is 147 Å². The van der Waals surface area contributed by atoms with Gasteiger partial charge in [-0.2, -0.15) is 0 Å². The Morgan fingerprint density at radius 2 is 1.76 bits per heavy atom. The molecule has 2 aromatic rings. The topological polar surface area (TPSA) is 92.4 Å². The Morgan fingerprint density at radius 1 is 1.12 bits per heavy atom. The molecule has 5 nitrogen and oxygen atoms in total. The van der Waals surface area contributed by atoms with Gasteiger partial charge in [-0.25, -0.2) is 0 Å². The highest BCUT2D eigenvalue weighted by molar-refractivity contribution is 5.94. The molecule has 0 saturated carbocycles. The molecule has 0 bridgehead atoms. The summed E-state index contributed by atoms with van der Waals surface area (Å²) in [6.07, 6.45) is 3.96. The Kier molecular flexibility index (Phi) is 6.48. The highest BCUT2D eigenvalue weighted by Gasteiger charge is 2.12. The molecule has 1 atom stereocenters. The number of aliphatic hydroxyl groups excluding tert-OH is 1. The number of carbonyl (C=O) groups is 2. The van der Waals surface area contributed by atoms with Gasteiger partial charge in [0, 0.05) is 11.6 Å². The summed E-state index contributed by atoms with van der Waals surface area (Å²) in [5, 5.41) is 12.3. The van der Waals surface area contributed by atoms with Gasteiger partial charge < -0.3 is 16.2 Å². The predicted octanol–water partition coefficient (Wildman–Crippen LogP) is 2.21. The van der Waals surface area contributed by atoms with E-state index >= 15 is 0 Å². The van der Waals surface area contributed by atoms with Gasteiger partial charge in [-0.05, 0) is 41.3 Å². The van der Waals surface area contributed by atoms with Crippen LogP contribution in [0.15, 0.2) is 54.6 Å². The number of nitrogens with two attached hydrogens (primary N) is 1. The highest BCUT2D eigenvalue weighted by Crippen LogP contribution is 2.14. The number of aliphatic hydroxyl groups is 1. The maximum atomic E-state index is 12.1. The number of carbonyl (C=O) groups excluding carboxylic acids is 2. The van der Waals surface area contributed by atoms with Crippen molar-refractivity contribution in [3.05, 3.63) is 76.9 Å². The molecule has 0 aliphatic carbocycles. The molecule has 0 radical (unpaired) electrons. The van der Waals surface area contributed by atoms with Crippen molar-refractivity contribution in [3.63, 3.8) is 0 Å². The summed E-state index contributed by atoms with van der Waals surface area (Å²) < 4.78 is 0. The van der Waals surface area contributed by atoms with Crippen molar-refractivity contribution < 1.29 is 14.7 Å². The number of hydrogen-bond acceptors (Lipinski definition) is 3. The minimum Gasteiger partial charge on any atom is -0.394 e. The Balaban J connectivity index is 2.00. The van der Waals surface area contributed by atoms with Crippen molar-refractivity contribution in [2.45, 2.75) is 19.4 Å². The number of hydrogen-bond donors (Lipinski definition) is 3.